The predicted octanol–water partition coefficient (Wildman–Crippen LogP) is 3.10. The molecule has 0 aliphatic carbocycles. The third kappa shape index (κ3) is 7.07. The van der Waals surface area contributed by atoms with Gasteiger partial charge in [-0.1, -0.05) is 0 Å². The molecule has 1 radical (unpaired) electrons. The van der Waals surface area contributed by atoms with Gasteiger partial charge in [0.05, 0.1) is 0 Å². The zero-order valence-electron chi connectivity index (χ0n) is 18.3. The number of ether oxygens (including phenoxy) is 2. The SMILES string of the molecule is CC1(C)CC(OC(=O)CC(=O)OC2CC(C)(C)NC(C)(C)C2)CC(C)(C)[N]1. The van der Waals surface area contributed by atoms with Crippen LogP contribution in [-0.2, 0) is 19.1 Å². The molecule has 6 nitrogen and oxygen atoms in total. The molecule has 0 amide bonds. The fraction of sp³-hybridized carbons (Fsp3) is 0.905. The standard InChI is InChI=1S/C21H37N2O4/c1-18(2)10-14(11-19(3,4)22-18)26-16(24)9-17(25)27-15-12-20(5,6)23-21(7,8)13-15/h14-15,22H,9-13H2,1-8H3. The molecule has 2 fully saturated rings. The molecule has 0 aromatic carbocycles. The summed E-state index contributed by atoms with van der Waals surface area (Å²) in [7, 11) is 0. The minimum Gasteiger partial charge on any atom is -0.462 e. The van der Waals surface area contributed by atoms with Gasteiger partial charge < -0.3 is 14.8 Å². The van der Waals surface area contributed by atoms with Gasteiger partial charge in [0.2, 0.25) is 0 Å². The molecule has 155 valence electrons. The second kappa shape index (κ2) is 7.36. The lowest BCUT2D eigenvalue weighted by atomic mass is 9.81. The normalized spacial score (nSPS) is 27.0. The summed E-state index contributed by atoms with van der Waals surface area (Å²) < 4.78 is 11.2. The third-order valence-electron chi connectivity index (χ3n) is 5.10. The number of hydrogen-bond donors (Lipinski definition) is 1. The van der Waals surface area contributed by atoms with Gasteiger partial charge in [-0.05, 0) is 55.4 Å². The van der Waals surface area contributed by atoms with Crippen LogP contribution in [0.25, 0.3) is 0 Å². The van der Waals surface area contributed by atoms with E-state index >= 15 is 0 Å². The Labute approximate surface area is 164 Å². The first-order valence-electron chi connectivity index (χ1n) is 9.99. The average molecular weight is 382 g/mol. The molecule has 0 aromatic rings. The molecule has 0 aromatic heterocycles. The summed E-state index contributed by atoms with van der Waals surface area (Å²) in [4.78, 5) is 24.6. The quantitative estimate of drug-likeness (QED) is 0.598. The van der Waals surface area contributed by atoms with Gasteiger partial charge in [-0.15, -0.1) is 0 Å². The second-order valence-electron chi connectivity index (χ2n) is 10.8. The lowest BCUT2D eigenvalue weighted by molar-refractivity contribution is -0.164. The number of nitrogens with one attached hydrogen (secondary N) is 1. The molecule has 2 saturated heterocycles. The molecule has 0 atom stereocenters. The first kappa shape index (κ1) is 22.2. The van der Waals surface area contributed by atoms with Crippen molar-refractivity contribution in [2.45, 2.75) is 122 Å². The van der Waals surface area contributed by atoms with Crippen molar-refractivity contribution in [2.75, 3.05) is 0 Å². The number of piperidine rings is 2. The maximum absolute atomic E-state index is 12.3. The summed E-state index contributed by atoms with van der Waals surface area (Å²) in [5.41, 5.74) is -0.703. The van der Waals surface area contributed by atoms with E-state index in [1.165, 1.54) is 0 Å². The monoisotopic (exact) mass is 381 g/mol. The maximum Gasteiger partial charge on any atom is 0.317 e. The summed E-state index contributed by atoms with van der Waals surface area (Å²) in [5.74, 6) is -1.01. The fourth-order valence-corrected chi connectivity index (χ4v) is 5.07. The molecular formula is C21H37N2O4. The zero-order chi connectivity index (χ0) is 20.7. The van der Waals surface area contributed by atoms with E-state index in [2.05, 4.69) is 33.0 Å². The highest BCUT2D eigenvalue weighted by Crippen LogP contribution is 2.33. The van der Waals surface area contributed by atoms with Crippen LogP contribution < -0.4 is 10.6 Å². The van der Waals surface area contributed by atoms with Crippen LogP contribution >= 0.6 is 0 Å². The van der Waals surface area contributed by atoms with E-state index in [9.17, 15) is 9.59 Å². The Bertz CT molecular complexity index is 499. The third-order valence-corrected chi connectivity index (χ3v) is 5.10. The highest BCUT2D eigenvalue weighted by Gasteiger charge is 2.42. The highest BCUT2D eigenvalue weighted by atomic mass is 16.6. The molecule has 6 heteroatoms. The minimum absolute atomic E-state index is 0.115. The average Bonchev–Trinajstić information content (AvgIpc) is 2.28. The topological polar surface area (TPSA) is 78.7 Å². The lowest BCUT2D eigenvalue weighted by Crippen LogP contribution is -2.59. The van der Waals surface area contributed by atoms with Crippen LogP contribution in [0, 0.1) is 0 Å². The largest absolute Gasteiger partial charge is 0.462 e. The number of esters is 2. The van der Waals surface area contributed by atoms with E-state index in [1.807, 2.05) is 27.7 Å². The Morgan fingerprint density at radius 3 is 1.56 bits per heavy atom. The number of hydrogen-bond acceptors (Lipinski definition) is 5. The van der Waals surface area contributed by atoms with E-state index < -0.39 is 11.9 Å². The second-order valence-corrected chi connectivity index (χ2v) is 10.8. The number of nitrogens with zero attached hydrogens (tertiary/aromatic N) is 1. The van der Waals surface area contributed by atoms with Crippen molar-refractivity contribution in [3.05, 3.63) is 0 Å². The molecule has 0 unspecified atom stereocenters. The number of carbonyl (C=O) groups is 2. The fourth-order valence-electron chi connectivity index (χ4n) is 5.07. The van der Waals surface area contributed by atoms with Crippen LogP contribution in [0.3, 0.4) is 0 Å². The molecule has 0 saturated carbocycles. The summed E-state index contributed by atoms with van der Waals surface area (Å²) in [6.07, 6.45) is 2.06. The van der Waals surface area contributed by atoms with Gasteiger partial charge in [-0.25, -0.2) is 5.32 Å². The van der Waals surface area contributed by atoms with Gasteiger partial charge in [0, 0.05) is 47.8 Å². The predicted molar refractivity (Wildman–Crippen MR) is 104 cm³/mol. The van der Waals surface area contributed by atoms with E-state index in [0.29, 0.717) is 12.8 Å². The van der Waals surface area contributed by atoms with E-state index in [-0.39, 0.29) is 40.8 Å². The van der Waals surface area contributed by atoms with Crippen LogP contribution in [0.5, 0.6) is 0 Å². The molecule has 2 aliphatic rings. The van der Waals surface area contributed by atoms with Crippen LogP contribution in [0.1, 0.15) is 87.5 Å². The van der Waals surface area contributed by atoms with Crippen molar-refractivity contribution in [2.24, 2.45) is 0 Å². The smallest absolute Gasteiger partial charge is 0.317 e. The van der Waals surface area contributed by atoms with E-state index in [4.69, 9.17) is 14.8 Å². The molecule has 0 spiro atoms. The Hall–Kier alpha value is -1.14. The van der Waals surface area contributed by atoms with Crippen LogP contribution in [0.2, 0.25) is 0 Å². The zero-order valence-corrected chi connectivity index (χ0v) is 18.3. The van der Waals surface area contributed by atoms with Crippen molar-refractivity contribution in [3.8, 4) is 0 Å². The molecule has 0 bridgehead atoms. The summed E-state index contributed by atoms with van der Waals surface area (Å²) in [6.45, 7) is 16.6. The molecule has 2 aliphatic heterocycles. The summed E-state index contributed by atoms with van der Waals surface area (Å²) >= 11 is 0. The van der Waals surface area contributed by atoms with Crippen molar-refractivity contribution in [1.82, 2.24) is 10.6 Å². The van der Waals surface area contributed by atoms with Gasteiger partial charge in [0.1, 0.15) is 18.6 Å². The van der Waals surface area contributed by atoms with Crippen molar-refractivity contribution in [1.29, 1.82) is 0 Å². The minimum atomic E-state index is -0.508. The van der Waals surface area contributed by atoms with Gasteiger partial charge in [-0.3, -0.25) is 9.59 Å². The Morgan fingerprint density at radius 2 is 1.15 bits per heavy atom. The van der Waals surface area contributed by atoms with E-state index in [1.54, 1.807) is 0 Å². The molecule has 1 N–H and O–H groups in total. The molecule has 27 heavy (non-hydrogen) atoms. The Balaban J connectivity index is 1.86. The highest BCUT2D eigenvalue weighted by molar-refractivity contribution is 5.91. The summed E-state index contributed by atoms with van der Waals surface area (Å²) in [5, 5.41) is 8.33. The first-order chi connectivity index (χ1) is 12.1. The molecule has 2 rings (SSSR count). The number of carbonyl (C=O) groups excluding carboxylic acids is 2. The Morgan fingerprint density at radius 1 is 0.778 bits per heavy atom. The maximum atomic E-state index is 12.3. The van der Waals surface area contributed by atoms with Crippen LogP contribution in [-0.4, -0.2) is 46.3 Å². The van der Waals surface area contributed by atoms with Gasteiger partial charge in [0.15, 0.2) is 0 Å². The van der Waals surface area contributed by atoms with Gasteiger partial charge in [-0.2, -0.15) is 0 Å². The van der Waals surface area contributed by atoms with Crippen molar-refractivity contribution < 1.29 is 19.1 Å². The van der Waals surface area contributed by atoms with Crippen LogP contribution in [0.4, 0.5) is 0 Å². The van der Waals surface area contributed by atoms with Gasteiger partial charge >= 0.3 is 11.9 Å². The first-order valence-corrected chi connectivity index (χ1v) is 9.99. The van der Waals surface area contributed by atoms with Crippen molar-refractivity contribution in [3.63, 3.8) is 0 Å². The van der Waals surface area contributed by atoms with Crippen LogP contribution in [0.15, 0.2) is 0 Å². The van der Waals surface area contributed by atoms with E-state index in [0.717, 1.165) is 12.8 Å². The molecule has 2 heterocycles. The van der Waals surface area contributed by atoms with Crippen molar-refractivity contribution >= 4 is 11.9 Å². The number of rotatable bonds is 4. The Kier molecular flexibility index (Phi) is 6.04. The molecular weight excluding hydrogens is 344 g/mol. The summed E-state index contributed by atoms with van der Waals surface area (Å²) in [6, 6.07) is 0. The van der Waals surface area contributed by atoms with Gasteiger partial charge in [0.25, 0.3) is 0 Å². The lowest BCUT2D eigenvalue weighted by Gasteiger charge is -2.45.